The fraction of sp³-hybridized carbons (Fsp3) is 0.300. The Morgan fingerprint density at radius 1 is 1.42 bits per heavy atom. The molecule has 0 aliphatic heterocycles. The third kappa shape index (κ3) is 3.91. The van der Waals surface area contributed by atoms with E-state index in [9.17, 15) is 23.3 Å². The average Bonchev–Trinajstić information content (AvgIpc) is 2.36. The van der Waals surface area contributed by atoms with Crippen molar-refractivity contribution < 1.29 is 22.9 Å². The molecule has 0 spiro atoms. The van der Waals surface area contributed by atoms with Gasteiger partial charge in [-0.3, -0.25) is 14.8 Å². The lowest BCUT2D eigenvalue weighted by Gasteiger charge is -2.07. The quantitative estimate of drug-likeness (QED) is 0.493. The van der Waals surface area contributed by atoms with E-state index in [2.05, 4.69) is 9.46 Å². The maximum atomic E-state index is 11.4. The van der Waals surface area contributed by atoms with Crippen molar-refractivity contribution in [1.29, 1.82) is 0 Å². The molecule has 104 valence electrons. The summed E-state index contributed by atoms with van der Waals surface area (Å²) < 4.78 is 29.4. The fourth-order valence-corrected chi connectivity index (χ4v) is 1.88. The fourth-order valence-electron chi connectivity index (χ4n) is 1.26. The highest BCUT2D eigenvalue weighted by atomic mass is 32.2. The van der Waals surface area contributed by atoms with Crippen molar-refractivity contribution in [2.75, 3.05) is 17.6 Å². The molecule has 1 rings (SSSR count). The van der Waals surface area contributed by atoms with Gasteiger partial charge in [0, 0.05) is 12.1 Å². The highest BCUT2D eigenvalue weighted by Gasteiger charge is 2.17. The van der Waals surface area contributed by atoms with Crippen molar-refractivity contribution in [2.45, 2.75) is 6.92 Å². The van der Waals surface area contributed by atoms with Crippen LogP contribution in [0, 0.1) is 10.1 Å². The number of hydrogen-bond donors (Lipinski definition) is 1. The molecule has 1 aromatic rings. The second-order valence-corrected chi connectivity index (χ2v) is 5.53. The van der Waals surface area contributed by atoms with Crippen LogP contribution in [0.2, 0.25) is 0 Å². The molecule has 0 unspecified atom stereocenters. The van der Waals surface area contributed by atoms with Crippen molar-refractivity contribution in [2.24, 2.45) is 0 Å². The van der Waals surface area contributed by atoms with Crippen molar-refractivity contribution in [3.05, 3.63) is 33.9 Å². The Balaban J connectivity index is 3.28. The number of esters is 1. The van der Waals surface area contributed by atoms with Crippen LogP contribution in [0.4, 0.5) is 11.4 Å². The van der Waals surface area contributed by atoms with Gasteiger partial charge in [-0.2, -0.15) is 0 Å². The number of nitro benzene ring substituents is 1. The summed E-state index contributed by atoms with van der Waals surface area (Å²) in [4.78, 5) is 21.4. The summed E-state index contributed by atoms with van der Waals surface area (Å²) in [6, 6.07) is 3.21. The van der Waals surface area contributed by atoms with E-state index < -0.39 is 26.6 Å². The monoisotopic (exact) mass is 288 g/mol. The molecule has 0 heterocycles. The van der Waals surface area contributed by atoms with E-state index in [-0.39, 0.29) is 17.0 Å². The number of carbonyl (C=O) groups is 1. The van der Waals surface area contributed by atoms with E-state index in [1.54, 1.807) is 0 Å². The summed E-state index contributed by atoms with van der Waals surface area (Å²) in [6.45, 7) is 1.42. The van der Waals surface area contributed by atoms with Gasteiger partial charge in [0.2, 0.25) is 10.0 Å². The summed E-state index contributed by atoms with van der Waals surface area (Å²) in [5.41, 5.74) is -0.571. The number of anilines is 1. The molecule has 9 heteroatoms. The molecule has 0 aromatic heterocycles. The van der Waals surface area contributed by atoms with Gasteiger partial charge in [-0.15, -0.1) is 0 Å². The highest BCUT2D eigenvalue weighted by Crippen LogP contribution is 2.22. The maximum absolute atomic E-state index is 11.4. The number of benzene rings is 1. The van der Waals surface area contributed by atoms with Crippen molar-refractivity contribution >= 4 is 27.4 Å². The lowest BCUT2D eigenvalue weighted by molar-refractivity contribution is -0.384. The molecule has 0 bridgehead atoms. The molecular weight excluding hydrogens is 276 g/mol. The van der Waals surface area contributed by atoms with Crippen molar-refractivity contribution in [3.63, 3.8) is 0 Å². The number of nitrogens with one attached hydrogen (secondary N) is 1. The molecule has 0 aliphatic carbocycles. The average molecular weight is 288 g/mol. The maximum Gasteiger partial charge on any atom is 0.338 e. The van der Waals surface area contributed by atoms with E-state index >= 15 is 0 Å². The molecule has 0 saturated heterocycles. The summed E-state index contributed by atoms with van der Waals surface area (Å²) in [7, 11) is -2.47. The standard InChI is InChI=1S/C10H12N2O6S/c1-3-19(16,17)11-8-4-7(10(13)18-2)5-9(6-8)12(14)15/h4-6,11H,3H2,1-2H3. The molecular formula is C10H12N2O6S. The third-order valence-electron chi connectivity index (χ3n) is 2.20. The second-order valence-electron chi connectivity index (χ2n) is 3.52. The summed E-state index contributed by atoms with van der Waals surface area (Å²) >= 11 is 0. The Morgan fingerprint density at radius 2 is 2.05 bits per heavy atom. The molecule has 0 radical (unpaired) electrons. The van der Waals surface area contributed by atoms with Gasteiger partial charge < -0.3 is 4.74 Å². The number of rotatable bonds is 5. The van der Waals surface area contributed by atoms with Gasteiger partial charge in [0.05, 0.1) is 29.0 Å². The smallest absolute Gasteiger partial charge is 0.338 e. The van der Waals surface area contributed by atoms with Crippen LogP contribution in [0.25, 0.3) is 0 Å². The molecule has 0 aliphatic rings. The zero-order valence-electron chi connectivity index (χ0n) is 10.2. The number of sulfonamides is 1. The zero-order valence-corrected chi connectivity index (χ0v) is 11.1. The number of nitro groups is 1. The second kappa shape index (κ2) is 5.65. The number of hydrogen-bond acceptors (Lipinski definition) is 6. The normalized spacial score (nSPS) is 10.8. The zero-order chi connectivity index (χ0) is 14.6. The highest BCUT2D eigenvalue weighted by molar-refractivity contribution is 7.92. The predicted octanol–water partition coefficient (Wildman–Crippen LogP) is 1.14. The molecule has 0 amide bonds. The number of methoxy groups -OCH3 is 1. The van der Waals surface area contributed by atoms with Crippen LogP contribution < -0.4 is 4.72 Å². The van der Waals surface area contributed by atoms with E-state index in [1.165, 1.54) is 13.0 Å². The van der Waals surface area contributed by atoms with Crippen LogP contribution in [0.3, 0.4) is 0 Å². The molecule has 1 N–H and O–H groups in total. The Hall–Kier alpha value is -2.16. The van der Waals surface area contributed by atoms with E-state index in [0.29, 0.717) is 0 Å². The van der Waals surface area contributed by atoms with Crippen molar-refractivity contribution in [3.8, 4) is 0 Å². The minimum absolute atomic E-state index is 0.0588. The van der Waals surface area contributed by atoms with Gasteiger partial charge in [0.25, 0.3) is 5.69 Å². The Morgan fingerprint density at radius 3 is 2.53 bits per heavy atom. The van der Waals surface area contributed by atoms with Crippen LogP contribution in [0.5, 0.6) is 0 Å². The first-order chi connectivity index (χ1) is 8.79. The van der Waals surface area contributed by atoms with Crippen LogP contribution in [0.15, 0.2) is 18.2 Å². The van der Waals surface area contributed by atoms with Gasteiger partial charge >= 0.3 is 5.97 Å². The molecule has 8 nitrogen and oxygen atoms in total. The predicted molar refractivity (Wildman–Crippen MR) is 67.5 cm³/mol. The van der Waals surface area contributed by atoms with E-state index in [4.69, 9.17) is 0 Å². The van der Waals surface area contributed by atoms with Gasteiger partial charge in [0.15, 0.2) is 0 Å². The Labute approximate surface area is 109 Å². The summed E-state index contributed by atoms with van der Waals surface area (Å²) in [5, 5.41) is 10.7. The Bertz CT molecular complexity index is 610. The summed E-state index contributed by atoms with van der Waals surface area (Å²) in [6.07, 6.45) is 0. The summed E-state index contributed by atoms with van der Waals surface area (Å²) in [5.74, 6) is -0.982. The minimum atomic E-state index is -3.59. The first-order valence-corrected chi connectivity index (χ1v) is 6.82. The largest absolute Gasteiger partial charge is 0.465 e. The topological polar surface area (TPSA) is 116 Å². The number of non-ortho nitro benzene ring substituents is 1. The third-order valence-corrected chi connectivity index (χ3v) is 3.51. The number of ether oxygens (including phenoxy) is 1. The lowest BCUT2D eigenvalue weighted by Crippen LogP contribution is -2.15. The van der Waals surface area contributed by atoms with Crippen LogP contribution >= 0.6 is 0 Å². The molecule has 19 heavy (non-hydrogen) atoms. The first-order valence-electron chi connectivity index (χ1n) is 5.17. The Kier molecular flexibility index (Phi) is 4.43. The molecule has 0 fully saturated rings. The first kappa shape index (κ1) is 14.9. The van der Waals surface area contributed by atoms with Crippen LogP contribution in [0.1, 0.15) is 17.3 Å². The molecule has 0 saturated carbocycles. The van der Waals surface area contributed by atoms with Gasteiger partial charge in [-0.1, -0.05) is 0 Å². The van der Waals surface area contributed by atoms with Crippen LogP contribution in [-0.2, 0) is 14.8 Å². The van der Waals surface area contributed by atoms with E-state index in [0.717, 1.165) is 19.2 Å². The van der Waals surface area contributed by atoms with Crippen LogP contribution in [-0.4, -0.2) is 32.2 Å². The van der Waals surface area contributed by atoms with Gasteiger partial charge in [-0.05, 0) is 13.0 Å². The van der Waals surface area contributed by atoms with Gasteiger partial charge in [0.1, 0.15) is 0 Å². The van der Waals surface area contributed by atoms with Crippen molar-refractivity contribution in [1.82, 2.24) is 0 Å². The minimum Gasteiger partial charge on any atom is -0.465 e. The van der Waals surface area contributed by atoms with E-state index in [1.807, 2.05) is 0 Å². The lowest BCUT2D eigenvalue weighted by atomic mass is 10.2. The molecule has 0 atom stereocenters. The SMILES string of the molecule is CCS(=O)(=O)Nc1cc(C(=O)OC)cc([N+](=O)[O-])c1. The van der Waals surface area contributed by atoms with Gasteiger partial charge in [-0.25, -0.2) is 13.2 Å². The number of nitrogens with zero attached hydrogens (tertiary/aromatic N) is 1. The molecule has 1 aromatic carbocycles. The number of carbonyl (C=O) groups excluding carboxylic acids is 1.